The van der Waals surface area contributed by atoms with Crippen LogP contribution in [-0.4, -0.2) is 48.8 Å². The number of benzene rings is 2. The molecule has 1 aliphatic carbocycles. The van der Waals surface area contributed by atoms with Crippen LogP contribution in [-0.2, 0) is 5.41 Å². The van der Waals surface area contributed by atoms with Crippen molar-refractivity contribution in [2.24, 2.45) is 10.1 Å². The van der Waals surface area contributed by atoms with Crippen LogP contribution in [0.2, 0.25) is 0 Å². The van der Waals surface area contributed by atoms with Gasteiger partial charge in [0, 0.05) is 17.8 Å². The van der Waals surface area contributed by atoms with Crippen LogP contribution >= 0.6 is 24.2 Å². The molecule has 2 aliphatic heterocycles. The molecule has 0 aromatic heterocycles. The van der Waals surface area contributed by atoms with E-state index in [1.54, 1.807) is 14.2 Å². The van der Waals surface area contributed by atoms with E-state index in [1.807, 2.05) is 12.1 Å². The molecule has 1 amide bonds. The summed E-state index contributed by atoms with van der Waals surface area (Å²) in [6.07, 6.45) is 6.56. The molecule has 0 saturated heterocycles. The van der Waals surface area contributed by atoms with Gasteiger partial charge in [-0.2, -0.15) is 5.10 Å². The lowest BCUT2D eigenvalue weighted by Crippen LogP contribution is -2.42. The van der Waals surface area contributed by atoms with E-state index in [1.165, 1.54) is 35.9 Å². The zero-order valence-electron chi connectivity index (χ0n) is 23.5. The van der Waals surface area contributed by atoms with Gasteiger partial charge in [-0.25, -0.2) is 5.43 Å². The summed E-state index contributed by atoms with van der Waals surface area (Å²) in [5.41, 5.74) is 8.15. The first-order valence-electron chi connectivity index (χ1n) is 13.6. The molecule has 1 fully saturated rings. The zero-order chi connectivity index (χ0) is 26.9. The fourth-order valence-electron chi connectivity index (χ4n) is 5.74. The van der Waals surface area contributed by atoms with E-state index < -0.39 is 0 Å². The minimum atomic E-state index is -0.0900. The van der Waals surface area contributed by atoms with Crippen LogP contribution in [0.15, 0.2) is 46.5 Å². The average Bonchev–Trinajstić information content (AvgIpc) is 3.45. The molecule has 2 heterocycles. The number of amidine groups is 1. The molecule has 1 atom stereocenters. The molecule has 7 nitrogen and oxygen atoms in total. The van der Waals surface area contributed by atoms with Gasteiger partial charge in [-0.1, -0.05) is 51.4 Å². The average molecular weight is 571 g/mol. The number of methoxy groups -OCH3 is 2. The van der Waals surface area contributed by atoms with Gasteiger partial charge in [-0.15, -0.1) is 12.4 Å². The van der Waals surface area contributed by atoms with Crippen LogP contribution < -0.4 is 19.8 Å². The van der Waals surface area contributed by atoms with Crippen molar-refractivity contribution >= 4 is 46.6 Å². The van der Waals surface area contributed by atoms with E-state index in [4.69, 9.17) is 14.5 Å². The Morgan fingerprint density at radius 2 is 1.87 bits per heavy atom. The van der Waals surface area contributed by atoms with Crippen molar-refractivity contribution in [2.75, 3.05) is 25.7 Å². The third-order valence-corrected chi connectivity index (χ3v) is 9.14. The highest BCUT2D eigenvalue weighted by Gasteiger charge is 2.35. The Morgan fingerprint density at radius 3 is 2.56 bits per heavy atom. The lowest BCUT2D eigenvalue weighted by Gasteiger charge is -2.41. The fourth-order valence-corrected chi connectivity index (χ4v) is 6.56. The van der Waals surface area contributed by atoms with E-state index in [0.717, 1.165) is 54.9 Å². The first-order valence-corrected chi connectivity index (χ1v) is 14.5. The Hall–Kier alpha value is -2.71. The quantitative estimate of drug-likeness (QED) is 0.301. The number of carbonyl (C=O) groups excluding carboxylic acids is 1. The summed E-state index contributed by atoms with van der Waals surface area (Å²) in [7, 11) is 3.34. The number of amides is 1. The number of hydrogen-bond acceptors (Lipinski definition) is 6. The second kappa shape index (κ2) is 12.2. The van der Waals surface area contributed by atoms with Crippen LogP contribution in [0.4, 0.5) is 10.5 Å². The summed E-state index contributed by atoms with van der Waals surface area (Å²) in [5, 5.41) is 4.43. The second-order valence-electron chi connectivity index (χ2n) is 10.9. The Kier molecular flexibility index (Phi) is 9.17. The summed E-state index contributed by atoms with van der Waals surface area (Å²) in [5.74, 6) is 2.41. The topological polar surface area (TPSA) is 75.5 Å². The number of fused-ring (bicyclic) bond motifs is 1. The van der Waals surface area contributed by atoms with E-state index in [0.29, 0.717) is 17.5 Å². The molecule has 1 saturated carbocycles. The summed E-state index contributed by atoms with van der Waals surface area (Å²) in [6, 6.07) is 13.1. The Balaban J connectivity index is 0.00000353. The molecule has 0 bridgehead atoms. The third kappa shape index (κ3) is 5.92. The van der Waals surface area contributed by atoms with E-state index >= 15 is 0 Å². The number of anilines is 1. The molecular weight excluding hydrogens is 532 g/mol. The van der Waals surface area contributed by atoms with Crippen LogP contribution in [0.3, 0.4) is 0 Å². The lowest BCUT2D eigenvalue weighted by atomic mass is 9.76. The van der Waals surface area contributed by atoms with Crippen molar-refractivity contribution in [3.63, 3.8) is 0 Å². The minimum absolute atomic E-state index is 0. The SMILES string of the molecule is CCC1SC(=O)NN=C1c1ccc2c(c1)C(C)(C)CCN2C(=NC1CCCC1)c1ccc(OC)c(OC)c1.Cl. The zero-order valence-corrected chi connectivity index (χ0v) is 25.1. The second-order valence-corrected chi connectivity index (χ2v) is 12.1. The maximum absolute atomic E-state index is 11.9. The van der Waals surface area contributed by atoms with Gasteiger partial charge in [0.2, 0.25) is 0 Å². The van der Waals surface area contributed by atoms with Crippen molar-refractivity contribution in [1.82, 2.24) is 5.43 Å². The number of aliphatic imine (C=N–C) groups is 1. The normalized spacial score (nSPS) is 21.0. The first-order chi connectivity index (χ1) is 18.3. The number of nitrogens with one attached hydrogen (secondary N) is 1. The van der Waals surface area contributed by atoms with Crippen molar-refractivity contribution in [3.05, 3.63) is 53.1 Å². The van der Waals surface area contributed by atoms with Gasteiger partial charge in [0.05, 0.1) is 31.2 Å². The minimum Gasteiger partial charge on any atom is -0.493 e. The molecule has 0 spiro atoms. The van der Waals surface area contributed by atoms with Gasteiger partial charge in [-0.05, 0) is 72.6 Å². The van der Waals surface area contributed by atoms with Crippen LogP contribution in [0, 0.1) is 0 Å². The number of thioether (sulfide) groups is 1. The standard InChI is InChI=1S/C30H38N4O3S.ClH/c1-6-26-27(32-33-29(35)38-26)19-11-13-23-22(17-19)30(2,3)15-16-34(23)28(31-21-9-7-8-10-21)20-12-14-24(36-4)25(18-20)37-5;/h11-14,17-18,21,26H,6-10,15-16H2,1-5H3,(H,33,35);1H. The van der Waals surface area contributed by atoms with Crippen molar-refractivity contribution in [1.29, 1.82) is 0 Å². The molecular formula is C30H39ClN4O3S. The Bertz CT molecular complexity index is 1270. The number of carbonyl (C=O) groups is 1. The molecule has 39 heavy (non-hydrogen) atoms. The highest BCUT2D eigenvalue weighted by Crippen LogP contribution is 2.42. The predicted molar refractivity (Wildman–Crippen MR) is 164 cm³/mol. The van der Waals surface area contributed by atoms with Gasteiger partial charge in [0.15, 0.2) is 11.5 Å². The summed E-state index contributed by atoms with van der Waals surface area (Å²) < 4.78 is 11.2. The maximum atomic E-state index is 11.9. The molecule has 3 aliphatic rings. The van der Waals surface area contributed by atoms with Crippen molar-refractivity contribution < 1.29 is 14.3 Å². The third-order valence-electron chi connectivity index (χ3n) is 7.99. The number of hydrazone groups is 1. The van der Waals surface area contributed by atoms with E-state index in [2.05, 4.69) is 60.5 Å². The van der Waals surface area contributed by atoms with E-state index in [9.17, 15) is 4.79 Å². The largest absolute Gasteiger partial charge is 0.493 e. The molecule has 1 unspecified atom stereocenters. The van der Waals surface area contributed by atoms with Gasteiger partial charge in [0.25, 0.3) is 5.24 Å². The summed E-state index contributed by atoms with van der Waals surface area (Å²) >= 11 is 1.32. The number of halogens is 1. The summed E-state index contributed by atoms with van der Waals surface area (Å²) in [6.45, 7) is 7.61. The van der Waals surface area contributed by atoms with Crippen molar-refractivity contribution in [2.45, 2.75) is 76.0 Å². The van der Waals surface area contributed by atoms with Gasteiger partial charge in [-0.3, -0.25) is 9.79 Å². The number of hydrogen-bond donors (Lipinski definition) is 1. The molecule has 210 valence electrons. The van der Waals surface area contributed by atoms with Crippen molar-refractivity contribution in [3.8, 4) is 11.5 Å². The van der Waals surface area contributed by atoms with Crippen LogP contribution in [0.1, 0.15) is 76.0 Å². The molecule has 5 rings (SSSR count). The van der Waals surface area contributed by atoms with Gasteiger partial charge >= 0.3 is 0 Å². The number of nitrogens with zero attached hydrogens (tertiary/aromatic N) is 3. The lowest BCUT2D eigenvalue weighted by molar-refractivity contribution is 0.260. The monoisotopic (exact) mass is 570 g/mol. The smallest absolute Gasteiger partial charge is 0.299 e. The molecule has 2 aromatic rings. The number of ether oxygens (including phenoxy) is 2. The molecule has 1 N–H and O–H groups in total. The highest BCUT2D eigenvalue weighted by atomic mass is 35.5. The molecule has 0 radical (unpaired) electrons. The van der Waals surface area contributed by atoms with Crippen LogP contribution in [0.25, 0.3) is 0 Å². The predicted octanol–water partition coefficient (Wildman–Crippen LogP) is 6.94. The first kappa shape index (κ1) is 29.3. The maximum Gasteiger partial charge on any atom is 0.299 e. The molecule has 2 aromatic carbocycles. The fraction of sp³-hybridized carbons (Fsp3) is 0.500. The number of rotatable bonds is 6. The summed E-state index contributed by atoms with van der Waals surface area (Å²) in [4.78, 5) is 19.7. The Labute approximate surface area is 242 Å². The molecule has 9 heteroatoms. The highest BCUT2D eigenvalue weighted by molar-refractivity contribution is 8.14. The van der Waals surface area contributed by atoms with Crippen LogP contribution in [0.5, 0.6) is 11.5 Å². The van der Waals surface area contributed by atoms with Gasteiger partial charge in [0.1, 0.15) is 5.84 Å². The van der Waals surface area contributed by atoms with Gasteiger partial charge < -0.3 is 14.4 Å². The van der Waals surface area contributed by atoms with E-state index in [-0.39, 0.29) is 28.3 Å². The Morgan fingerprint density at radius 1 is 1.13 bits per heavy atom.